The summed E-state index contributed by atoms with van der Waals surface area (Å²) in [5.74, 6) is -2.07. The normalized spacial score (nSPS) is 11.6. The monoisotopic (exact) mass is 314 g/mol. The molecular formula is C18H19FN2O2. The van der Waals surface area contributed by atoms with E-state index in [2.05, 4.69) is 17.6 Å². The van der Waals surface area contributed by atoms with Gasteiger partial charge in [0, 0.05) is 5.69 Å². The first-order valence-electron chi connectivity index (χ1n) is 7.46. The number of benzene rings is 2. The Morgan fingerprint density at radius 2 is 1.78 bits per heavy atom. The van der Waals surface area contributed by atoms with Crippen LogP contribution in [0.15, 0.2) is 48.5 Å². The quantitative estimate of drug-likeness (QED) is 0.851. The summed E-state index contributed by atoms with van der Waals surface area (Å²) in [5.41, 5.74) is 2.36. The molecule has 0 spiro atoms. The van der Waals surface area contributed by atoms with Gasteiger partial charge in [0.25, 0.3) is 0 Å². The zero-order valence-corrected chi connectivity index (χ0v) is 13.1. The Labute approximate surface area is 134 Å². The Balaban J connectivity index is 1.95. The number of anilines is 1. The van der Waals surface area contributed by atoms with Crippen LogP contribution in [0, 0.1) is 5.82 Å². The van der Waals surface area contributed by atoms with E-state index in [1.807, 2.05) is 24.3 Å². The van der Waals surface area contributed by atoms with Crippen LogP contribution in [0.5, 0.6) is 0 Å². The summed E-state index contributed by atoms with van der Waals surface area (Å²) in [6.07, 6.45) is 0.942. The van der Waals surface area contributed by atoms with E-state index in [0.717, 1.165) is 18.1 Å². The van der Waals surface area contributed by atoms with Crippen LogP contribution in [0.1, 0.15) is 31.0 Å². The van der Waals surface area contributed by atoms with Crippen molar-refractivity contribution in [3.8, 4) is 0 Å². The highest BCUT2D eigenvalue weighted by Gasteiger charge is 2.17. The van der Waals surface area contributed by atoms with E-state index in [0.29, 0.717) is 0 Å². The average Bonchev–Trinajstić information content (AvgIpc) is 2.54. The smallest absolute Gasteiger partial charge is 0.313 e. The molecule has 23 heavy (non-hydrogen) atoms. The zero-order valence-electron chi connectivity index (χ0n) is 13.1. The predicted molar refractivity (Wildman–Crippen MR) is 87.4 cm³/mol. The molecule has 0 aromatic heterocycles. The van der Waals surface area contributed by atoms with Crippen LogP contribution < -0.4 is 10.6 Å². The molecule has 0 saturated heterocycles. The number of carbonyl (C=O) groups is 2. The third kappa shape index (κ3) is 4.64. The van der Waals surface area contributed by atoms with Gasteiger partial charge in [-0.2, -0.15) is 0 Å². The summed E-state index contributed by atoms with van der Waals surface area (Å²) < 4.78 is 13.1. The van der Waals surface area contributed by atoms with Crippen LogP contribution in [0.25, 0.3) is 0 Å². The van der Waals surface area contributed by atoms with Crippen molar-refractivity contribution >= 4 is 17.5 Å². The lowest BCUT2D eigenvalue weighted by atomic mass is 10.1. The summed E-state index contributed by atoms with van der Waals surface area (Å²) >= 11 is 0. The molecule has 0 aliphatic rings. The summed E-state index contributed by atoms with van der Waals surface area (Å²) in [5, 5.41) is 4.99. The molecule has 2 aromatic rings. The van der Waals surface area contributed by atoms with Crippen LogP contribution in [0.2, 0.25) is 0 Å². The van der Waals surface area contributed by atoms with Crippen molar-refractivity contribution in [2.75, 3.05) is 5.32 Å². The maximum absolute atomic E-state index is 13.1. The molecule has 0 bridgehead atoms. The highest BCUT2D eigenvalue weighted by Crippen LogP contribution is 2.14. The fourth-order valence-corrected chi connectivity index (χ4v) is 2.14. The van der Waals surface area contributed by atoms with E-state index < -0.39 is 17.6 Å². The van der Waals surface area contributed by atoms with Crippen molar-refractivity contribution in [3.63, 3.8) is 0 Å². The van der Waals surface area contributed by atoms with Gasteiger partial charge in [-0.25, -0.2) is 4.39 Å². The molecule has 0 aliphatic heterocycles. The summed E-state index contributed by atoms with van der Waals surface area (Å²) in [4.78, 5) is 23.8. The average molecular weight is 314 g/mol. The minimum atomic E-state index is -0.826. The van der Waals surface area contributed by atoms with Crippen molar-refractivity contribution in [1.29, 1.82) is 0 Å². The molecular weight excluding hydrogens is 295 g/mol. The summed E-state index contributed by atoms with van der Waals surface area (Å²) in [7, 11) is 0. The minimum absolute atomic E-state index is 0.241. The van der Waals surface area contributed by atoms with E-state index in [-0.39, 0.29) is 11.7 Å². The maximum Gasteiger partial charge on any atom is 0.313 e. The van der Waals surface area contributed by atoms with Crippen LogP contribution in [0.3, 0.4) is 0 Å². The molecule has 120 valence electrons. The second-order valence-corrected chi connectivity index (χ2v) is 5.25. The number of rotatable bonds is 4. The lowest BCUT2D eigenvalue weighted by Gasteiger charge is -2.14. The summed E-state index contributed by atoms with van der Waals surface area (Å²) in [6, 6.07) is 12.9. The fourth-order valence-electron chi connectivity index (χ4n) is 2.14. The first-order chi connectivity index (χ1) is 11.0. The maximum atomic E-state index is 13.1. The van der Waals surface area contributed by atoms with E-state index in [1.54, 1.807) is 6.92 Å². The van der Waals surface area contributed by atoms with Gasteiger partial charge in [0.05, 0.1) is 6.04 Å². The van der Waals surface area contributed by atoms with Crippen LogP contribution >= 0.6 is 0 Å². The Morgan fingerprint density at radius 1 is 1.09 bits per heavy atom. The fraction of sp³-hybridized carbons (Fsp3) is 0.222. The number of amides is 2. The number of hydrogen-bond donors (Lipinski definition) is 2. The predicted octanol–water partition coefficient (Wildman–Crippen LogP) is 3.20. The van der Waals surface area contributed by atoms with Gasteiger partial charge < -0.3 is 10.6 Å². The molecule has 1 unspecified atom stereocenters. The van der Waals surface area contributed by atoms with Gasteiger partial charge >= 0.3 is 11.8 Å². The van der Waals surface area contributed by atoms with Gasteiger partial charge in [0.1, 0.15) is 5.82 Å². The Hall–Kier alpha value is -2.69. The molecule has 0 saturated carbocycles. The highest BCUT2D eigenvalue weighted by molar-refractivity contribution is 6.39. The Bertz CT molecular complexity index is 698. The first-order valence-corrected chi connectivity index (χ1v) is 7.46. The lowest BCUT2D eigenvalue weighted by Crippen LogP contribution is -2.36. The highest BCUT2D eigenvalue weighted by atomic mass is 19.1. The molecule has 0 radical (unpaired) electrons. The molecule has 0 fully saturated rings. The van der Waals surface area contributed by atoms with Crippen molar-refractivity contribution in [1.82, 2.24) is 5.32 Å². The molecule has 0 aliphatic carbocycles. The standard InChI is InChI=1S/C18H19FN2O2/c1-3-13-7-9-14(10-8-13)12(2)20-17(22)18(23)21-16-6-4-5-15(19)11-16/h4-12H,3H2,1-2H3,(H,20,22)(H,21,23). The molecule has 0 heterocycles. The van der Waals surface area contributed by atoms with Crippen molar-refractivity contribution in [2.45, 2.75) is 26.3 Å². The first kappa shape index (κ1) is 16.7. The Kier molecular flexibility index (Phi) is 5.46. The molecule has 2 aromatic carbocycles. The Morgan fingerprint density at radius 3 is 2.39 bits per heavy atom. The van der Waals surface area contributed by atoms with Crippen molar-refractivity contribution in [3.05, 3.63) is 65.5 Å². The van der Waals surface area contributed by atoms with E-state index in [4.69, 9.17) is 0 Å². The number of aryl methyl sites for hydroxylation is 1. The van der Waals surface area contributed by atoms with Crippen molar-refractivity contribution < 1.29 is 14.0 Å². The van der Waals surface area contributed by atoms with Gasteiger partial charge in [-0.15, -0.1) is 0 Å². The number of carbonyl (C=O) groups excluding carboxylic acids is 2. The van der Waals surface area contributed by atoms with Crippen LogP contribution in [0.4, 0.5) is 10.1 Å². The minimum Gasteiger partial charge on any atom is -0.341 e. The summed E-state index contributed by atoms with van der Waals surface area (Å²) in [6.45, 7) is 3.87. The number of halogens is 1. The van der Waals surface area contributed by atoms with Gasteiger partial charge in [0.15, 0.2) is 0 Å². The van der Waals surface area contributed by atoms with E-state index >= 15 is 0 Å². The molecule has 1 atom stereocenters. The van der Waals surface area contributed by atoms with Crippen LogP contribution in [-0.4, -0.2) is 11.8 Å². The third-order valence-electron chi connectivity index (χ3n) is 3.52. The van der Waals surface area contributed by atoms with E-state index in [1.165, 1.54) is 23.8 Å². The number of nitrogens with one attached hydrogen (secondary N) is 2. The zero-order chi connectivity index (χ0) is 16.8. The second-order valence-electron chi connectivity index (χ2n) is 5.25. The van der Waals surface area contributed by atoms with Crippen molar-refractivity contribution in [2.24, 2.45) is 0 Å². The van der Waals surface area contributed by atoms with Gasteiger partial charge in [-0.3, -0.25) is 9.59 Å². The third-order valence-corrected chi connectivity index (χ3v) is 3.52. The lowest BCUT2D eigenvalue weighted by molar-refractivity contribution is -0.136. The van der Waals surface area contributed by atoms with Gasteiger partial charge in [-0.05, 0) is 42.7 Å². The van der Waals surface area contributed by atoms with Gasteiger partial charge in [-0.1, -0.05) is 37.3 Å². The molecule has 2 rings (SSSR count). The molecule has 4 nitrogen and oxygen atoms in total. The topological polar surface area (TPSA) is 58.2 Å². The van der Waals surface area contributed by atoms with Crippen LogP contribution in [-0.2, 0) is 16.0 Å². The van der Waals surface area contributed by atoms with Gasteiger partial charge in [0.2, 0.25) is 0 Å². The number of hydrogen-bond acceptors (Lipinski definition) is 2. The molecule has 5 heteroatoms. The molecule has 2 amide bonds. The second kappa shape index (κ2) is 7.54. The largest absolute Gasteiger partial charge is 0.341 e. The van der Waals surface area contributed by atoms with E-state index in [9.17, 15) is 14.0 Å². The SMILES string of the molecule is CCc1ccc(C(C)NC(=O)C(=O)Nc2cccc(F)c2)cc1. The molecule has 2 N–H and O–H groups in total.